The van der Waals surface area contributed by atoms with E-state index in [-0.39, 0.29) is 17.9 Å². The zero-order valence-corrected chi connectivity index (χ0v) is 15.0. The van der Waals surface area contributed by atoms with Crippen LogP contribution in [0.2, 0.25) is 0 Å². The van der Waals surface area contributed by atoms with Crippen molar-refractivity contribution in [3.05, 3.63) is 29.7 Å². The molecule has 2 fully saturated rings. The minimum absolute atomic E-state index is 0.0172. The average Bonchev–Trinajstić information content (AvgIpc) is 3.35. The number of rotatable bonds is 4. The predicted molar refractivity (Wildman–Crippen MR) is 92.2 cm³/mol. The summed E-state index contributed by atoms with van der Waals surface area (Å²) in [6.45, 7) is 3.25. The maximum absolute atomic E-state index is 13.1. The molecule has 0 aromatic carbocycles. The molecular formula is C18H22F3N5O. The molecule has 3 heterocycles. The molecular weight excluding hydrogens is 359 g/mol. The van der Waals surface area contributed by atoms with Gasteiger partial charge in [0.2, 0.25) is 5.91 Å². The van der Waals surface area contributed by atoms with Gasteiger partial charge in [-0.2, -0.15) is 13.2 Å². The van der Waals surface area contributed by atoms with Crippen molar-refractivity contribution in [2.24, 2.45) is 0 Å². The Balaban J connectivity index is 1.54. The molecule has 6 nitrogen and oxygen atoms in total. The number of hydrogen-bond acceptors (Lipinski definition) is 4. The predicted octanol–water partition coefficient (Wildman–Crippen LogP) is 2.59. The minimum atomic E-state index is -4.41. The maximum Gasteiger partial charge on any atom is 0.417 e. The SMILES string of the molecule is CC(C(=O)NC1CC1)N1CCCC(c2nnc3ccc(C(F)(F)F)cn23)C1. The van der Waals surface area contributed by atoms with Gasteiger partial charge in [-0.3, -0.25) is 14.1 Å². The number of halogens is 3. The van der Waals surface area contributed by atoms with E-state index in [1.807, 2.05) is 6.92 Å². The number of nitrogens with zero attached hydrogens (tertiary/aromatic N) is 4. The number of aromatic nitrogens is 3. The topological polar surface area (TPSA) is 62.5 Å². The van der Waals surface area contributed by atoms with Gasteiger partial charge >= 0.3 is 6.18 Å². The fourth-order valence-corrected chi connectivity index (χ4v) is 3.64. The molecule has 1 aliphatic heterocycles. The molecule has 1 saturated carbocycles. The highest BCUT2D eigenvalue weighted by Gasteiger charge is 2.34. The molecule has 2 aliphatic rings. The van der Waals surface area contributed by atoms with Gasteiger partial charge in [-0.05, 0) is 51.3 Å². The zero-order chi connectivity index (χ0) is 19.2. The van der Waals surface area contributed by atoms with Gasteiger partial charge in [0.25, 0.3) is 0 Å². The second-order valence-electron chi connectivity index (χ2n) is 7.49. The molecule has 27 heavy (non-hydrogen) atoms. The van der Waals surface area contributed by atoms with Crippen molar-refractivity contribution in [1.82, 2.24) is 24.8 Å². The first-order valence-electron chi connectivity index (χ1n) is 9.29. The molecule has 1 N–H and O–H groups in total. The van der Waals surface area contributed by atoms with Gasteiger partial charge in [-0.1, -0.05) is 0 Å². The Kier molecular flexibility index (Phi) is 4.57. The summed E-state index contributed by atoms with van der Waals surface area (Å²) >= 11 is 0. The molecule has 4 rings (SSSR count). The first kappa shape index (κ1) is 18.2. The number of pyridine rings is 1. The van der Waals surface area contributed by atoms with Crippen molar-refractivity contribution in [2.45, 2.75) is 56.8 Å². The second-order valence-corrected chi connectivity index (χ2v) is 7.49. The molecule has 2 aromatic rings. The fraction of sp³-hybridized carbons (Fsp3) is 0.611. The van der Waals surface area contributed by atoms with Crippen LogP contribution in [0.25, 0.3) is 5.65 Å². The number of carbonyl (C=O) groups is 1. The summed E-state index contributed by atoms with van der Waals surface area (Å²) in [4.78, 5) is 14.4. The normalized spacial score (nSPS) is 22.7. The Hall–Kier alpha value is -2.16. The Morgan fingerprint density at radius 1 is 1.26 bits per heavy atom. The van der Waals surface area contributed by atoms with Crippen LogP contribution < -0.4 is 5.32 Å². The van der Waals surface area contributed by atoms with Crippen molar-refractivity contribution >= 4 is 11.6 Å². The van der Waals surface area contributed by atoms with Crippen molar-refractivity contribution in [3.8, 4) is 0 Å². The van der Waals surface area contributed by atoms with Gasteiger partial charge in [-0.15, -0.1) is 10.2 Å². The van der Waals surface area contributed by atoms with Gasteiger partial charge in [-0.25, -0.2) is 0 Å². The van der Waals surface area contributed by atoms with E-state index in [0.29, 0.717) is 24.1 Å². The molecule has 2 unspecified atom stereocenters. The van der Waals surface area contributed by atoms with E-state index in [4.69, 9.17) is 0 Å². The van der Waals surface area contributed by atoms with E-state index in [9.17, 15) is 18.0 Å². The van der Waals surface area contributed by atoms with Crippen LogP contribution in [0, 0.1) is 0 Å². The highest BCUT2D eigenvalue weighted by Crippen LogP contribution is 2.31. The Labute approximate surface area is 154 Å². The van der Waals surface area contributed by atoms with Gasteiger partial charge in [0.15, 0.2) is 5.65 Å². The summed E-state index contributed by atoms with van der Waals surface area (Å²) in [6, 6.07) is 2.40. The fourth-order valence-electron chi connectivity index (χ4n) is 3.64. The molecule has 1 aliphatic carbocycles. The first-order valence-corrected chi connectivity index (χ1v) is 9.29. The van der Waals surface area contributed by atoms with Crippen LogP contribution in [-0.2, 0) is 11.0 Å². The number of fused-ring (bicyclic) bond motifs is 1. The van der Waals surface area contributed by atoms with Crippen molar-refractivity contribution in [2.75, 3.05) is 13.1 Å². The van der Waals surface area contributed by atoms with Crippen LogP contribution >= 0.6 is 0 Å². The number of likely N-dealkylation sites (tertiary alicyclic amines) is 1. The summed E-state index contributed by atoms with van der Waals surface area (Å²) in [5.41, 5.74) is -0.324. The molecule has 1 saturated heterocycles. The smallest absolute Gasteiger partial charge is 0.352 e. The standard InChI is InChI=1S/C18H22F3N5O/c1-11(17(27)22-14-5-6-14)25-8-2-3-12(9-25)16-24-23-15-7-4-13(10-26(15)16)18(19,20)21/h4,7,10-12,14H,2-3,5-6,8-9H2,1H3,(H,22,27). The third-order valence-corrected chi connectivity index (χ3v) is 5.42. The minimum Gasteiger partial charge on any atom is -0.352 e. The monoisotopic (exact) mass is 381 g/mol. The van der Waals surface area contributed by atoms with Crippen LogP contribution in [0.15, 0.2) is 18.3 Å². The first-order chi connectivity index (χ1) is 12.8. The number of hydrogen-bond donors (Lipinski definition) is 1. The lowest BCUT2D eigenvalue weighted by Gasteiger charge is -2.35. The van der Waals surface area contributed by atoms with Crippen molar-refractivity contribution in [1.29, 1.82) is 0 Å². The van der Waals surface area contributed by atoms with Gasteiger partial charge in [0, 0.05) is 24.7 Å². The number of amides is 1. The molecule has 2 atom stereocenters. The molecule has 9 heteroatoms. The Morgan fingerprint density at radius 2 is 2.04 bits per heavy atom. The number of nitrogens with one attached hydrogen (secondary N) is 1. The molecule has 0 bridgehead atoms. The van der Waals surface area contributed by atoms with E-state index >= 15 is 0 Å². The summed E-state index contributed by atoms with van der Waals surface area (Å²) in [5.74, 6) is 0.479. The highest BCUT2D eigenvalue weighted by molar-refractivity contribution is 5.81. The number of carbonyl (C=O) groups excluding carboxylic acids is 1. The van der Waals surface area contributed by atoms with Gasteiger partial charge in [0.1, 0.15) is 5.82 Å². The summed E-state index contributed by atoms with van der Waals surface area (Å²) in [7, 11) is 0. The third-order valence-electron chi connectivity index (χ3n) is 5.42. The summed E-state index contributed by atoms with van der Waals surface area (Å²) < 4.78 is 40.6. The summed E-state index contributed by atoms with van der Waals surface area (Å²) in [6.07, 6.45) is 0.392. The van der Waals surface area contributed by atoms with E-state index in [1.165, 1.54) is 10.5 Å². The van der Waals surface area contributed by atoms with Crippen LogP contribution in [0.3, 0.4) is 0 Å². The quantitative estimate of drug-likeness (QED) is 0.884. The van der Waals surface area contributed by atoms with Gasteiger partial charge < -0.3 is 5.32 Å². The lowest BCUT2D eigenvalue weighted by molar-refractivity contribution is -0.137. The maximum atomic E-state index is 13.1. The molecule has 2 aromatic heterocycles. The van der Waals surface area contributed by atoms with Crippen LogP contribution in [0.4, 0.5) is 13.2 Å². The van der Waals surface area contributed by atoms with E-state index in [2.05, 4.69) is 20.4 Å². The van der Waals surface area contributed by atoms with Crippen LogP contribution in [-0.4, -0.2) is 50.6 Å². The largest absolute Gasteiger partial charge is 0.417 e. The van der Waals surface area contributed by atoms with Crippen molar-refractivity contribution < 1.29 is 18.0 Å². The Morgan fingerprint density at radius 3 is 2.74 bits per heavy atom. The zero-order valence-electron chi connectivity index (χ0n) is 15.0. The molecule has 1 amide bonds. The number of alkyl halides is 3. The summed E-state index contributed by atoms with van der Waals surface area (Å²) in [5, 5.41) is 11.2. The van der Waals surface area contributed by atoms with E-state index in [1.54, 1.807) is 0 Å². The van der Waals surface area contributed by atoms with Crippen LogP contribution in [0.5, 0.6) is 0 Å². The average molecular weight is 381 g/mol. The van der Waals surface area contributed by atoms with E-state index in [0.717, 1.165) is 44.5 Å². The van der Waals surface area contributed by atoms with Crippen LogP contribution in [0.1, 0.15) is 49.9 Å². The number of piperidine rings is 1. The molecule has 0 spiro atoms. The van der Waals surface area contributed by atoms with Crippen molar-refractivity contribution in [3.63, 3.8) is 0 Å². The van der Waals surface area contributed by atoms with E-state index < -0.39 is 11.7 Å². The lowest BCUT2D eigenvalue weighted by Crippen LogP contribution is -2.49. The second kappa shape index (κ2) is 6.78. The van der Waals surface area contributed by atoms with Gasteiger partial charge in [0.05, 0.1) is 11.6 Å². The third kappa shape index (κ3) is 3.78. The highest BCUT2D eigenvalue weighted by atomic mass is 19.4. The Bertz CT molecular complexity index is 845. The molecule has 0 radical (unpaired) electrons. The lowest BCUT2D eigenvalue weighted by atomic mass is 9.96. The molecule has 146 valence electrons.